The van der Waals surface area contributed by atoms with Gasteiger partial charge in [-0.1, -0.05) is 0 Å². The molecule has 2 rings (SSSR count). The summed E-state index contributed by atoms with van der Waals surface area (Å²) >= 11 is 6.97. The van der Waals surface area contributed by atoms with E-state index >= 15 is 0 Å². The average Bonchev–Trinajstić information content (AvgIpc) is 2.36. The molecule has 0 spiro atoms. The van der Waals surface area contributed by atoms with Gasteiger partial charge < -0.3 is 0 Å². The minimum atomic E-state index is -3.02. The fraction of sp³-hybridized carbons (Fsp3) is 0.533. The van der Waals surface area contributed by atoms with Gasteiger partial charge in [0, 0.05) is 0 Å². The van der Waals surface area contributed by atoms with Gasteiger partial charge in [0.05, 0.1) is 0 Å². The molecule has 0 aromatic heterocycles. The Morgan fingerprint density at radius 1 is 1.29 bits per heavy atom. The van der Waals surface area contributed by atoms with E-state index in [1.165, 1.54) is 11.8 Å². The van der Waals surface area contributed by atoms with E-state index in [1.807, 2.05) is 26.8 Å². The molecule has 2 atom stereocenters. The minimum absolute atomic E-state index is 0.306. The van der Waals surface area contributed by atoms with Gasteiger partial charge in [0.1, 0.15) is 0 Å². The van der Waals surface area contributed by atoms with Crippen LogP contribution in [0.15, 0.2) is 30.3 Å². The molecule has 1 aromatic carbocycles. The summed E-state index contributed by atoms with van der Waals surface area (Å²) in [6.07, 6.45) is -0.476. The first-order valence-electron chi connectivity index (χ1n) is 6.47. The molecule has 0 N–H and O–H groups in total. The van der Waals surface area contributed by atoms with Crippen molar-refractivity contribution < 1.29 is 8.78 Å². The number of nitrogens with zero attached hydrogens (tertiary/aromatic N) is 1. The van der Waals surface area contributed by atoms with Crippen LogP contribution in [0.25, 0.3) is 0 Å². The van der Waals surface area contributed by atoms with E-state index in [0.29, 0.717) is 0 Å². The summed E-state index contributed by atoms with van der Waals surface area (Å²) in [5.74, 6) is -3.02. The number of hydrogen-bond acceptors (Lipinski definition) is 2. The molecule has 6 heteroatoms. The van der Waals surface area contributed by atoms with Crippen LogP contribution in [0.4, 0.5) is 8.78 Å². The molecule has 0 heterocycles. The summed E-state index contributed by atoms with van der Waals surface area (Å²) < 4.78 is 25.9. The Balaban J connectivity index is 2.38. The SMILES string of the molecule is CC(C)(C)SC1(C#N)CC(F)(F)C1(Cl)[Se]c1ccccc1. The standard InChI is InChI=1S/C15H16ClF2NSSe/c1-12(2,3)20-13(10-19)9-14(17,18)15(13,16)21-11-7-5-4-6-8-11/h4-8H,9H2,1-3H3. The molecule has 21 heavy (non-hydrogen) atoms. The average molecular weight is 395 g/mol. The van der Waals surface area contributed by atoms with Gasteiger partial charge in [0.25, 0.3) is 0 Å². The van der Waals surface area contributed by atoms with Crippen LogP contribution in [0.2, 0.25) is 0 Å². The summed E-state index contributed by atoms with van der Waals surface area (Å²) in [5.41, 5.74) is 0. The molecule has 0 aliphatic heterocycles. The van der Waals surface area contributed by atoms with Gasteiger partial charge >= 0.3 is 140 Å². The molecular weight excluding hydrogens is 379 g/mol. The Bertz CT molecular complexity index is 569. The van der Waals surface area contributed by atoms with Gasteiger partial charge in [-0.3, -0.25) is 0 Å². The Hall–Kier alpha value is -0.271. The van der Waals surface area contributed by atoms with Gasteiger partial charge in [-0.15, -0.1) is 0 Å². The number of rotatable bonds is 3. The number of halogens is 3. The zero-order valence-corrected chi connectivity index (χ0v) is 15.3. The van der Waals surface area contributed by atoms with Crippen LogP contribution in [0, 0.1) is 11.3 Å². The van der Waals surface area contributed by atoms with E-state index in [1.54, 1.807) is 24.3 Å². The Morgan fingerprint density at radius 2 is 1.86 bits per heavy atom. The number of thioether (sulfide) groups is 1. The van der Waals surface area contributed by atoms with Crippen molar-refractivity contribution in [2.45, 2.75) is 46.4 Å². The van der Waals surface area contributed by atoms with Gasteiger partial charge in [-0.2, -0.15) is 0 Å². The molecular formula is C15H16ClF2NSSe. The van der Waals surface area contributed by atoms with Crippen LogP contribution in [0.1, 0.15) is 27.2 Å². The molecule has 1 nitrogen and oxygen atoms in total. The quantitative estimate of drug-likeness (QED) is 0.575. The van der Waals surface area contributed by atoms with Crippen molar-refractivity contribution in [2.24, 2.45) is 0 Å². The summed E-state index contributed by atoms with van der Waals surface area (Å²) in [6, 6.07) is 11.1. The summed E-state index contributed by atoms with van der Waals surface area (Å²) in [4.78, 5) is 0. The fourth-order valence-corrected chi connectivity index (χ4v) is 7.51. The van der Waals surface area contributed by atoms with E-state index in [9.17, 15) is 14.0 Å². The van der Waals surface area contributed by atoms with Gasteiger partial charge in [0.2, 0.25) is 0 Å². The first kappa shape index (κ1) is 17.1. The second kappa shape index (κ2) is 5.42. The zero-order valence-electron chi connectivity index (χ0n) is 12.0. The van der Waals surface area contributed by atoms with Crippen molar-refractivity contribution in [3.05, 3.63) is 30.3 Å². The normalized spacial score (nSPS) is 31.3. The fourth-order valence-electron chi connectivity index (χ4n) is 2.30. The van der Waals surface area contributed by atoms with Crippen LogP contribution < -0.4 is 4.46 Å². The zero-order chi connectivity index (χ0) is 15.9. The van der Waals surface area contributed by atoms with Crippen molar-refractivity contribution in [3.63, 3.8) is 0 Å². The molecule has 1 fully saturated rings. The second-order valence-electron chi connectivity index (χ2n) is 6.04. The molecule has 2 unspecified atom stereocenters. The molecule has 0 amide bonds. The molecule has 1 aromatic rings. The van der Waals surface area contributed by atoms with Crippen molar-refractivity contribution in [2.75, 3.05) is 0 Å². The number of hydrogen-bond donors (Lipinski definition) is 0. The van der Waals surface area contributed by atoms with E-state index in [2.05, 4.69) is 6.07 Å². The first-order chi connectivity index (χ1) is 9.55. The van der Waals surface area contributed by atoms with E-state index in [0.717, 1.165) is 4.46 Å². The van der Waals surface area contributed by atoms with E-state index in [-0.39, 0.29) is 4.75 Å². The monoisotopic (exact) mass is 395 g/mol. The molecule has 0 saturated heterocycles. The number of benzene rings is 1. The number of nitriles is 1. The third-order valence-electron chi connectivity index (χ3n) is 3.12. The number of alkyl halides is 3. The predicted octanol–water partition coefficient (Wildman–Crippen LogP) is 3.78. The van der Waals surface area contributed by atoms with Crippen LogP contribution in [-0.4, -0.2) is 34.1 Å². The molecule has 0 radical (unpaired) electrons. The van der Waals surface area contributed by atoms with Crippen LogP contribution in [0.3, 0.4) is 0 Å². The Labute approximate surface area is 139 Å². The maximum absolute atomic E-state index is 14.2. The summed E-state index contributed by atoms with van der Waals surface area (Å²) in [5, 5.41) is 9.57. The Kier molecular flexibility index (Phi) is 4.41. The summed E-state index contributed by atoms with van der Waals surface area (Å²) in [7, 11) is 0. The molecule has 1 saturated carbocycles. The van der Waals surface area contributed by atoms with Crippen molar-refractivity contribution in [1.82, 2.24) is 0 Å². The second-order valence-corrected chi connectivity index (χ2v) is 11.9. The molecule has 114 valence electrons. The van der Waals surface area contributed by atoms with Gasteiger partial charge in [-0.25, -0.2) is 0 Å². The Morgan fingerprint density at radius 3 is 2.29 bits per heavy atom. The van der Waals surface area contributed by atoms with E-state index in [4.69, 9.17) is 11.6 Å². The topological polar surface area (TPSA) is 23.8 Å². The van der Waals surface area contributed by atoms with Crippen LogP contribution in [0.5, 0.6) is 0 Å². The third kappa shape index (κ3) is 2.97. The first-order valence-corrected chi connectivity index (χ1v) is 9.38. The predicted molar refractivity (Wildman–Crippen MR) is 85.7 cm³/mol. The van der Waals surface area contributed by atoms with Crippen molar-refractivity contribution in [1.29, 1.82) is 5.26 Å². The van der Waals surface area contributed by atoms with Crippen molar-refractivity contribution in [3.8, 4) is 6.07 Å². The van der Waals surface area contributed by atoms with Crippen LogP contribution in [-0.2, 0) is 0 Å². The third-order valence-corrected chi connectivity index (χ3v) is 9.04. The maximum atomic E-state index is 14.2. The molecule has 0 bridgehead atoms. The van der Waals surface area contributed by atoms with Gasteiger partial charge in [0.15, 0.2) is 0 Å². The van der Waals surface area contributed by atoms with E-state index < -0.39 is 35.8 Å². The van der Waals surface area contributed by atoms with Crippen molar-refractivity contribution >= 4 is 42.8 Å². The summed E-state index contributed by atoms with van der Waals surface area (Å²) in [6.45, 7) is 5.75. The molecule has 1 aliphatic rings. The molecule has 1 aliphatic carbocycles. The van der Waals surface area contributed by atoms with Crippen LogP contribution >= 0.6 is 23.4 Å². The van der Waals surface area contributed by atoms with Gasteiger partial charge in [-0.05, 0) is 0 Å².